The van der Waals surface area contributed by atoms with E-state index in [-0.39, 0.29) is 9.41 Å². The molecule has 4 heteroatoms. The Bertz CT molecular complexity index is 435. The van der Waals surface area contributed by atoms with Gasteiger partial charge < -0.3 is 0 Å². The fourth-order valence-corrected chi connectivity index (χ4v) is 30.4. The van der Waals surface area contributed by atoms with Gasteiger partial charge in [-0.15, -0.1) is 0 Å². The van der Waals surface area contributed by atoms with E-state index in [2.05, 4.69) is 51.2 Å². The minimum atomic E-state index is -1.62. The zero-order valence-corrected chi connectivity index (χ0v) is 19.2. The van der Waals surface area contributed by atoms with Crippen LogP contribution in [-0.4, -0.2) is 5.98 Å². The number of allylic oxidation sites excluding steroid dienone is 8. The third kappa shape index (κ3) is 5.52. The fraction of sp³-hybridized carbons (Fsp3) is 0.556. The molecule has 0 spiro atoms. The summed E-state index contributed by atoms with van der Waals surface area (Å²) in [5, 5.41) is 0. The molecule has 0 fully saturated rings. The van der Waals surface area contributed by atoms with Crippen molar-refractivity contribution in [3.63, 3.8) is 0 Å². The number of halogens is 2. The summed E-state index contributed by atoms with van der Waals surface area (Å²) in [7, 11) is 0. The quantitative estimate of drug-likeness (QED) is 0.388. The second kappa shape index (κ2) is 10.6. The second-order valence-corrected chi connectivity index (χ2v) is 33.4. The van der Waals surface area contributed by atoms with E-state index in [0.29, 0.717) is 0 Å². The van der Waals surface area contributed by atoms with Crippen molar-refractivity contribution in [1.29, 1.82) is 0 Å². The van der Waals surface area contributed by atoms with Gasteiger partial charge in [-0.3, -0.25) is 9.41 Å². The van der Waals surface area contributed by atoms with Crippen LogP contribution in [0.2, 0.25) is 13.1 Å². The van der Waals surface area contributed by atoms with Crippen LogP contribution in [-0.2, 0) is 20.6 Å². The van der Waals surface area contributed by atoms with E-state index in [1.165, 1.54) is 38.5 Å². The van der Waals surface area contributed by atoms with Crippen molar-refractivity contribution in [3.8, 4) is 0 Å². The normalized spacial score (nSPS) is 16.4. The smallest absolute Gasteiger partial charge is 0.269 e. The van der Waals surface area contributed by atoms with Crippen molar-refractivity contribution in [3.05, 3.63) is 42.1 Å². The summed E-state index contributed by atoms with van der Waals surface area (Å²) in [6.45, 7) is 9.81. The van der Waals surface area contributed by atoms with Crippen molar-refractivity contribution in [2.24, 2.45) is 0 Å². The van der Waals surface area contributed by atoms with Crippen LogP contribution in [0.4, 0.5) is 9.41 Å². The molecule has 2 rings (SSSR count). The van der Waals surface area contributed by atoms with Crippen LogP contribution in [0.3, 0.4) is 0 Å². The van der Waals surface area contributed by atoms with Crippen LogP contribution in [0.5, 0.6) is 0 Å². The van der Waals surface area contributed by atoms with Gasteiger partial charge in [0, 0.05) is 0 Å². The van der Waals surface area contributed by atoms with Crippen molar-refractivity contribution in [2.45, 2.75) is 65.5 Å². The Morgan fingerprint density at radius 1 is 0.864 bits per heavy atom. The Morgan fingerprint density at radius 3 is 1.59 bits per heavy atom. The topological polar surface area (TPSA) is 0 Å². The molecule has 0 atom stereocenters. The van der Waals surface area contributed by atoms with Gasteiger partial charge in [-0.1, -0.05) is 0 Å². The first-order valence-electron chi connectivity index (χ1n) is 8.32. The van der Waals surface area contributed by atoms with Gasteiger partial charge in [0.2, 0.25) is 0 Å². The molecule has 125 valence electrons. The Labute approximate surface area is 143 Å². The molecule has 0 aromatic rings. The molecule has 0 saturated carbocycles. The molecule has 0 unspecified atom stereocenters. The summed E-state index contributed by atoms with van der Waals surface area (Å²) < 4.78 is 3.86. The van der Waals surface area contributed by atoms with E-state index < -0.39 is 26.6 Å². The van der Waals surface area contributed by atoms with E-state index in [1.807, 2.05) is 6.66 Å². The van der Waals surface area contributed by atoms with Crippen LogP contribution in [0.15, 0.2) is 42.1 Å². The third-order valence-electron chi connectivity index (χ3n) is 4.23. The van der Waals surface area contributed by atoms with E-state index in [4.69, 9.17) is 0 Å². The summed E-state index contributed by atoms with van der Waals surface area (Å²) in [6, 6.07) is 0. The molecule has 0 aromatic carbocycles. The minimum Gasteiger partial charge on any atom is -0.269 e. The Hall–Kier alpha value is -0.0930. The predicted molar refractivity (Wildman–Crippen MR) is 95.3 cm³/mol. The van der Waals surface area contributed by atoms with E-state index in [0.717, 1.165) is 0 Å². The maximum absolute atomic E-state index is 2.62. The zero-order valence-electron chi connectivity index (χ0n) is 14.4. The van der Waals surface area contributed by atoms with Crippen molar-refractivity contribution >= 4 is 5.98 Å². The SMILES string of the molecule is CCCC1=CC[C]([Hf]([C]2=CC(CCC)=CC2)[SiH](C)C)=C1.F.F. The molecule has 0 N–H and O–H groups in total. The van der Waals surface area contributed by atoms with Crippen molar-refractivity contribution in [1.82, 2.24) is 0 Å². The number of rotatable bonds is 7. The van der Waals surface area contributed by atoms with Gasteiger partial charge >= 0.3 is 134 Å². The fourth-order valence-electron chi connectivity index (χ4n) is 3.41. The van der Waals surface area contributed by atoms with Crippen molar-refractivity contribution < 1.29 is 30.0 Å². The molecule has 0 aromatic heterocycles. The van der Waals surface area contributed by atoms with Gasteiger partial charge in [-0.25, -0.2) is 0 Å². The molecule has 2 aliphatic rings. The molecular formula is C18H31F2HfSi. The summed E-state index contributed by atoms with van der Waals surface area (Å²) in [5.74, 6) is -0.477. The van der Waals surface area contributed by atoms with Crippen LogP contribution < -0.4 is 0 Å². The summed E-state index contributed by atoms with van der Waals surface area (Å²) in [6.07, 6.45) is 18.1. The predicted octanol–water partition coefficient (Wildman–Crippen LogP) is 5.92. The molecule has 2 aliphatic carbocycles. The molecule has 0 nitrogen and oxygen atoms in total. The molecule has 0 aliphatic heterocycles. The molecule has 0 radical (unpaired) electrons. The zero-order chi connectivity index (χ0) is 14.5. The van der Waals surface area contributed by atoms with Gasteiger partial charge in [0.15, 0.2) is 0 Å². The summed E-state index contributed by atoms with van der Waals surface area (Å²) in [4.78, 5) is 0. The Kier molecular flexibility index (Phi) is 10.6. The molecule has 0 amide bonds. The maximum atomic E-state index is 2.62. The van der Waals surface area contributed by atoms with Crippen LogP contribution >= 0.6 is 0 Å². The third-order valence-corrected chi connectivity index (χ3v) is 31.4. The van der Waals surface area contributed by atoms with Gasteiger partial charge in [0.05, 0.1) is 0 Å². The van der Waals surface area contributed by atoms with E-state index in [1.54, 1.807) is 11.1 Å². The number of hydrogen-bond acceptors (Lipinski definition) is 0. The summed E-state index contributed by atoms with van der Waals surface area (Å²) in [5.41, 5.74) is 3.28. The first-order valence-corrected chi connectivity index (χ1v) is 21.0. The van der Waals surface area contributed by atoms with Gasteiger partial charge in [-0.2, -0.15) is 0 Å². The van der Waals surface area contributed by atoms with Gasteiger partial charge in [-0.05, 0) is 0 Å². The van der Waals surface area contributed by atoms with E-state index in [9.17, 15) is 0 Å². The monoisotopic (exact) mass is 493 g/mol. The van der Waals surface area contributed by atoms with Crippen LogP contribution in [0.1, 0.15) is 52.4 Å². The van der Waals surface area contributed by atoms with Crippen LogP contribution in [0.25, 0.3) is 0 Å². The molecular weight excluding hydrogens is 461 g/mol. The first-order chi connectivity index (χ1) is 9.65. The first kappa shape index (κ1) is 21.9. The summed E-state index contributed by atoms with van der Waals surface area (Å²) >= 11 is -1.62. The Balaban J connectivity index is 0.00000220. The molecule has 0 heterocycles. The standard InChI is InChI=1S/2C8H11.C2H7Si.2FH.Hf/c2*1-2-5-8-6-3-4-7-8;1-3-2;;;/h2*6-7H,2-3,5H2,1H3;3H,1-2H3;2*1H;. The molecule has 22 heavy (non-hydrogen) atoms. The van der Waals surface area contributed by atoms with Crippen molar-refractivity contribution in [2.75, 3.05) is 0 Å². The van der Waals surface area contributed by atoms with E-state index >= 15 is 0 Å². The Morgan fingerprint density at radius 2 is 1.27 bits per heavy atom. The van der Waals surface area contributed by atoms with Gasteiger partial charge in [0.25, 0.3) is 0 Å². The minimum absolute atomic E-state index is 0. The van der Waals surface area contributed by atoms with Crippen LogP contribution in [0, 0.1) is 0 Å². The average Bonchev–Trinajstić information content (AvgIpc) is 3.01. The van der Waals surface area contributed by atoms with Gasteiger partial charge in [0.1, 0.15) is 0 Å². The largest absolute Gasteiger partial charge is 0.269 e. The number of hydrogen-bond donors (Lipinski definition) is 0. The maximum Gasteiger partial charge on any atom is -0.269 e. The molecule has 0 saturated heterocycles. The second-order valence-electron chi connectivity index (χ2n) is 6.37. The average molecular weight is 492 g/mol. The molecule has 0 bridgehead atoms.